The first-order chi connectivity index (χ1) is 13.0. The number of halogens is 1. The molecule has 0 aliphatic rings. The van der Waals surface area contributed by atoms with E-state index in [-0.39, 0.29) is 5.82 Å². The summed E-state index contributed by atoms with van der Waals surface area (Å²) in [6.07, 6.45) is 2.66. The molecule has 8 heteroatoms. The Balaban J connectivity index is 1.95. The third-order valence-electron chi connectivity index (χ3n) is 4.09. The van der Waals surface area contributed by atoms with Crippen molar-refractivity contribution in [1.29, 1.82) is 5.26 Å². The number of fused-ring (bicyclic) bond motifs is 1. The van der Waals surface area contributed by atoms with Crippen molar-refractivity contribution in [2.45, 2.75) is 13.5 Å². The van der Waals surface area contributed by atoms with Crippen molar-refractivity contribution in [2.24, 2.45) is 0 Å². The highest BCUT2D eigenvalue weighted by molar-refractivity contribution is 5.85. The average Bonchev–Trinajstić information content (AvgIpc) is 3.01. The molecule has 0 spiro atoms. The highest BCUT2D eigenvalue weighted by Crippen LogP contribution is 2.27. The van der Waals surface area contributed by atoms with E-state index in [1.54, 1.807) is 19.1 Å². The first kappa shape index (κ1) is 16.6. The lowest BCUT2D eigenvalue weighted by atomic mass is 10.1. The van der Waals surface area contributed by atoms with Crippen molar-refractivity contribution in [3.63, 3.8) is 0 Å². The molecule has 7 nitrogen and oxygen atoms in total. The van der Waals surface area contributed by atoms with Crippen LogP contribution in [-0.2, 0) is 6.54 Å². The van der Waals surface area contributed by atoms with Crippen LogP contribution in [0.5, 0.6) is 0 Å². The normalized spacial score (nSPS) is 10.9. The maximum Gasteiger partial charge on any atom is 0.166 e. The fraction of sp³-hybridized carbons (Fsp3) is 0.105. The Morgan fingerprint density at radius 2 is 2.04 bits per heavy atom. The molecule has 132 valence electrons. The highest BCUT2D eigenvalue weighted by Gasteiger charge is 2.18. The quantitative estimate of drug-likeness (QED) is 0.603. The van der Waals surface area contributed by atoms with E-state index in [2.05, 4.69) is 26.0 Å². The van der Waals surface area contributed by atoms with Gasteiger partial charge in [-0.3, -0.25) is 4.98 Å². The second kappa shape index (κ2) is 6.46. The third-order valence-corrected chi connectivity index (χ3v) is 4.09. The van der Waals surface area contributed by atoms with Gasteiger partial charge in [-0.1, -0.05) is 12.1 Å². The van der Waals surface area contributed by atoms with Crippen LogP contribution in [-0.4, -0.2) is 24.5 Å². The summed E-state index contributed by atoms with van der Waals surface area (Å²) in [5, 5.41) is 9.14. The molecule has 0 unspecified atom stereocenters. The van der Waals surface area contributed by atoms with Crippen molar-refractivity contribution in [1.82, 2.24) is 24.5 Å². The van der Waals surface area contributed by atoms with E-state index in [1.165, 1.54) is 12.3 Å². The molecule has 0 saturated carbocycles. The van der Waals surface area contributed by atoms with Gasteiger partial charge in [0.05, 0.1) is 24.4 Å². The van der Waals surface area contributed by atoms with E-state index in [1.807, 2.05) is 16.7 Å². The van der Waals surface area contributed by atoms with Gasteiger partial charge in [0.25, 0.3) is 0 Å². The molecule has 4 rings (SSSR count). The molecule has 0 aliphatic heterocycles. The zero-order valence-corrected chi connectivity index (χ0v) is 14.4. The number of hydrogen-bond donors (Lipinski definition) is 1. The monoisotopic (exact) mass is 359 g/mol. The van der Waals surface area contributed by atoms with Gasteiger partial charge in [0.15, 0.2) is 17.0 Å². The first-order valence-electron chi connectivity index (χ1n) is 8.15. The Labute approximate surface area is 154 Å². The lowest BCUT2D eigenvalue weighted by molar-refractivity contribution is 0.621. The predicted octanol–water partition coefficient (Wildman–Crippen LogP) is 2.84. The fourth-order valence-corrected chi connectivity index (χ4v) is 2.96. The largest absolute Gasteiger partial charge is 0.382 e. The minimum absolute atomic E-state index is 0.257. The molecule has 27 heavy (non-hydrogen) atoms. The Hall–Kier alpha value is -3.86. The molecule has 0 bridgehead atoms. The maximum absolute atomic E-state index is 13.7. The smallest absolute Gasteiger partial charge is 0.166 e. The van der Waals surface area contributed by atoms with Crippen LogP contribution >= 0.6 is 0 Å². The molecule has 1 aromatic carbocycles. The van der Waals surface area contributed by atoms with Gasteiger partial charge in [-0.25, -0.2) is 19.3 Å². The predicted molar refractivity (Wildman–Crippen MR) is 97.9 cm³/mol. The fourth-order valence-electron chi connectivity index (χ4n) is 2.96. The Morgan fingerprint density at radius 3 is 2.81 bits per heavy atom. The van der Waals surface area contributed by atoms with Gasteiger partial charge in [-0.2, -0.15) is 5.26 Å². The maximum atomic E-state index is 13.7. The number of imidazole rings is 1. The van der Waals surface area contributed by atoms with Crippen molar-refractivity contribution in [2.75, 3.05) is 5.73 Å². The molecule has 0 atom stereocenters. The minimum Gasteiger partial charge on any atom is -0.382 e. The summed E-state index contributed by atoms with van der Waals surface area (Å²) in [7, 11) is 0. The summed E-state index contributed by atoms with van der Waals surface area (Å²) < 4.78 is 15.5. The minimum atomic E-state index is -0.465. The van der Waals surface area contributed by atoms with Gasteiger partial charge in [0.1, 0.15) is 17.5 Å². The number of nitriles is 1. The second-order valence-corrected chi connectivity index (χ2v) is 6.05. The third kappa shape index (κ3) is 3.06. The summed E-state index contributed by atoms with van der Waals surface area (Å²) in [5.41, 5.74) is 8.95. The molecule has 3 heterocycles. The molecule has 4 aromatic rings. The molecular weight excluding hydrogens is 345 g/mol. The number of benzene rings is 1. The number of aromatic nitrogens is 5. The zero-order chi connectivity index (χ0) is 19.0. The Bertz CT molecular complexity index is 1210. The van der Waals surface area contributed by atoms with Crippen LogP contribution < -0.4 is 5.73 Å². The molecule has 0 radical (unpaired) electrons. The van der Waals surface area contributed by atoms with Crippen molar-refractivity contribution in [3.8, 4) is 17.5 Å². The van der Waals surface area contributed by atoms with E-state index in [9.17, 15) is 4.39 Å². The van der Waals surface area contributed by atoms with Gasteiger partial charge >= 0.3 is 0 Å². The van der Waals surface area contributed by atoms with Crippen LogP contribution in [0.1, 0.15) is 17.0 Å². The molecule has 2 N–H and O–H groups in total. The zero-order valence-electron chi connectivity index (χ0n) is 14.4. The van der Waals surface area contributed by atoms with E-state index in [4.69, 9.17) is 11.0 Å². The first-order valence-corrected chi connectivity index (χ1v) is 8.15. The van der Waals surface area contributed by atoms with Crippen LogP contribution in [0, 0.1) is 24.1 Å². The standard InChI is InChI=1S/C19H14FN7/c1-11-24-17(22)16-19(25-11)27(10-13-4-2-3-12(5-13)7-21)18(26-16)14-6-15(20)9-23-8-14/h2-6,8-9H,10H2,1H3,(H2,22,24,25). The molecule has 0 aliphatic carbocycles. The van der Waals surface area contributed by atoms with E-state index in [0.717, 1.165) is 11.8 Å². The lowest BCUT2D eigenvalue weighted by Gasteiger charge is -2.09. The molecule has 0 saturated heterocycles. The summed E-state index contributed by atoms with van der Waals surface area (Å²) in [5.74, 6) is 0.780. The number of aryl methyl sites for hydroxylation is 1. The van der Waals surface area contributed by atoms with Crippen molar-refractivity contribution < 1.29 is 4.39 Å². The van der Waals surface area contributed by atoms with E-state index < -0.39 is 5.82 Å². The van der Waals surface area contributed by atoms with E-state index >= 15 is 0 Å². The number of nitrogen functional groups attached to an aromatic ring is 1. The van der Waals surface area contributed by atoms with Crippen molar-refractivity contribution in [3.05, 3.63) is 65.5 Å². The summed E-state index contributed by atoms with van der Waals surface area (Å²) in [6, 6.07) is 10.7. The SMILES string of the molecule is Cc1nc(N)c2nc(-c3cncc(F)c3)n(Cc3cccc(C#N)c3)c2n1. The number of nitrogens with two attached hydrogens (primary N) is 1. The highest BCUT2D eigenvalue weighted by atomic mass is 19.1. The van der Waals surface area contributed by atoms with E-state index in [0.29, 0.717) is 40.5 Å². The Kier molecular flexibility index (Phi) is 3.97. The second-order valence-electron chi connectivity index (χ2n) is 6.05. The number of pyridine rings is 1. The number of anilines is 1. The number of nitrogens with zero attached hydrogens (tertiary/aromatic N) is 6. The summed E-state index contributed by atoms with van der Waals surface area (Å²) >= 11 is 0. The van der Waals surface area contributed by atoms with Crippen LogP contribution in [0.4, 0.5) is 10.2 Å². The van der Waals surface area contributed by atoms with Crippen LogP contribution in [0.2, 0.25) is 0 Å². The topological polar surface area (TPSA) is 106 Å². The van der Waals surface area contributed by atoms with Gasteiger partial charge in [-0.05, 0) is 30.7 Å². The number of hydrogen-bond acceptors (Lipinski definition) is 6. The molecule has 0 amide bonds. The Morgan fingerprint density at radius 1 is 1.19 bits per heavy atom. The molecular formula is C19H14FN7. The lowest BCUT2D eigenvalue weighted by Crippen LogP contribution is -2.05. The van der Waals surface area contributed by atoms with Gasteiger partial charge in [-0.15, -0.1) is 0 Å². The van der Waals surface area contributed by atoms with Crippen LogP contribution in [0.25, 0.3) is 22.6 Å². The van der Waals surface area contributed by atoms with Crippen LogP contribution in [0.15, 0.2) is 42.7 Å². The molecule has 3 aromatic heterocycles. The van der Waals surface area contributed by atoms with Gasteiger partial charge < -0.3 is 10.3 Å². The van der Waals surface area contributed by atoms with Gasteiger partial charge in [0, 0.05) is 11.8 Å². The van der Waals surface area contributed by atoms with Crippen molar-refractivity contribution >= 4 is 17.0 Å². The summed E-state index contributed by atoms with van der Waals surface area (Å²) in [6.45, 7) is 2.13. The molecule has 0 fully saturated rings. The number of rotatable bonds is 3. The van der Waals surface area contributed by atoms with Gasteiger partial charge in [0.2, 0.25) is 0 Å². The average molecular weight is 359 g/mol. The summed E-state index contributed by atoms with van der Waals surface area (Å²) in [4.78, 5) is 17.1. The van der Waals surface area contributed by atoms with Crippen LogP contribution in [0.3, 0.4) is 0 Å².